The van der Waals surface area contributed by atoms with Gasteiger partial charge >= 0.3 is 5.97 Å². The summed E-state index contributed by atoms with van der Waals surface area (Å²) < 4.78 is 4.77. The van der Waals surface area contributed by atoms with Gasteiger partial charge in [0.05, 0.1) is 6.61 Å². The number of carbonyl (C=O) groups excluding carboxylic acids is 1. The highest BCUT2D eigenvalue weighted by Gasteiger charge is 1.87. The standard InChI is InChI=1S/C13H14O2/c1-12(14)15-11-7-3-6-10-13-8-4-2-5-9-13/h2-5,8-10H,7,11H2,1H3. The first-order chi connectivity index (χ1) is 7.29. The highest BCUT2D eigenvalue weighted by atomic mass is 16.5. The van der Waals surface area contributed by atoms with Crippen LogP contribution in [0, 0.1) is 0 Å². The van der Waals surface area contributed by atoms with Crippen LogP contribution in [-0.4, -0.2) is 12.6 Å². The summed E-state index contributed by atoms with van der Waals surface area (Å²) in [6.45, 7) is 1.83. The maximum Gasteiger partial charge on any atom is 0.302 e. The Morgan fingerprint density at radius 1 is 1.40 bits per heavy atom. The van der Waals surface area contributed by atoms with Crippen LogP contribution < -0.4 is 0 Å². The molecule has 1 aromatic rings. The fourth-order valence-electron chi connectivity index (χ4n) is 1.05. The molecule has 1 aromatic carbocycles. The molecular formula is C13H14O2. The summed E-state index contributed by atoms with van der Waals surface area (Å²) in [7, 11) is 0. The van der Waals surface area contributed by atoms with Gasteiger partial charge in [0.1, 0.15) is 0 Å². The Labute approximate surface area is 89.9 Å². The van der Waals surface area contributed by atoms with E-state index in [0.717, 1.165) is 5.56 Å². The zero-order chi connectivity index (χ0) is 10.9. The zero-order valence-electron chi connectivity index (χ0n) is 8.77. The Morgan fingerprint density at radius 3 is 2.80 bits per heavy atom. The molecule has 0 heterocycles. The van der Waals surface area contributed by atoms with Crippen LogP contribution >= 0.6 is 0 Å². The molecule has 0 amide bonds. The largest absolute Gasteiger partial charge is 0.466 e. The van der Waals surface area contributed by atoms with Crippen molar-refractivity contribution in [3.05, 3.63) is 47.7 Å². The molecule has 78 valence electrons. The van der Waals surface area contributed by atoms with E-state index in [1.807, 2.05) is 42.5 Å². The van der Waals surface area contributed by atoms with Gasteiger partial charge in [0.2, 0.25) is 0 Å². The number of hydrogen-bond donors (Lipinski definition) is 0. The van der Waals surface area contributed by atoms with Gasteiger partial charge in [0.15, 0.2) is 0 Å². The van der Waals surface area contributed by atoms with Gasteiger partial charge in [-0.3, -0.25) is 4.79 Å². The van der Waals surface area contributed by atoms with Crippen LogP contribution in [0.4, 0.5) is 0 Å². The fourth-order valence-corrected chi connectivity index (χ4v) is 1.05. The lowest BCUT2D eigenvalue weighted by Crippen LogP contribution is -1.98. The van der Waals surface area contributed by atoms with Crippen molar-refractivity contribution >= 4 is 12.0 Å². The Kier molecular flexibility index (Phi) is 4.99. The van der Waals surface area contributed by atoms with E-state index < -0.39 is 0 Å². The third-order valence-electron chi connectivity index (χ3n) is 1.73. The van der Waals surface area contributed by atoms with Gasteiger partial charge in [-0.25, -0.2) is 0 Å². The van der Waals surface area contributed by atoms with Crippen LogP contribution in [0.25, 0.3) is 6.08 Å². The van der Waals surface area contributed by atoms with Crippen LogP contribution in [0.15, 0.2) is 42.1 Å². The molecule has 2 heteroatoms. The second-order valence-corrected chi connectivity index (χ2v) is 3.05. The van der Waals surface area contributed by atoms with E-state index in [0.29, 0.717) is 13.0 Å². The topological polar surface area (TPSA) is 26.3 Å². The second kappa shape index (κ2) is 6.63. The number of benzene rings is 1. The summed E-state index contributed by atoms with van der Waals surface area (Å²) in [5.41, 5.74) is 4.15. The van der Waals surface area contributed by atoms with Crippen molar-refractivity contribution < 1.29 is 9.53 Å². The minimum atomic E-state index is -0.240. The van der Waals surface area contributed by atoms with Crippen LogP contribution in [0.3, 0.4) is 0 Å². The summed E-state index contributed by atoms with van der Waals surface area (Å²) in [4.78, 5) is 10.4. The second-order valence-electron chi connectivity index (χ2n) is 3.05. The van der Waals surface area contributed by atoms with E-state index in [4.69, 9.17) is 4.74 Å². The summed E-state index contributed by atoms with van der Waals surface area (Å²) in [6, 6.07) is 9.94. The maximum absolute atomic E-state index is 10.4. The quantitative estimate of drug-likeness (QED) is 0.426. The molecule has 0 saturated carbocycles. The van der Waals surface area contributed by atoms with Crippen molar-refractivity contribution in [2.45, 2.75) is 13.3 Å². The van der Waals surface area contributed by atoms with Gasteiger partial charge in [-0.15, -0.1) is 5.73 Å². The van der Waals surface area contributed by atoms with Gasteiger partial charge in [-0.1, -0.05) is 30.3 Å². The van der Waals surface area contributed by atoms with Gasteiger partial charge in [0.25, 0.3) is 0 Å². The van der Waals surface area contributed by atoms with Crippen molar-refractivity contribution in [1.29, 1.82) is 0 Å². The lowest BCUT2D eigenvalue weighted by atomic mass is 10.2. The molecular weight excluding hydrogens is 188 g/mol. The lowest BCUT2D eigenvalue weighted by molar-refractivity contribution is -0.140. The molecule has 1 rings (SSSR count). The van der Waals surface area contributed by atoms with E-state index in [1.165, 1.54) is 6.92 Å². The Morgan fingerprint density at radius 2 is 2.13 bits per heavy atom. The van der Waals surface area contributed by atoms with Crippen molar-refractivity contribution in [1.82, 2.24) is 0 Å². The lowest BCUT2D eigenvalue weighted by Gasteiger charge is -1.95. The first-order valence-corrected chi connectivity index (χ1v) is 4.88. The predicted molar refractivity (Wildman–Crippen MR) is 60.2 cm³/mol. The molecule has 0 bridgehead atoms. The molecule has 0 N–H and O–H groups in total. The Hall–Kier alpha value is -1.79. The summed E-state index contributed by atoms with van der Waals surface area (Å²) in [5, 5.41) is 0. The maximum atomic E-state index is 10.4. The minimum absolute atomic E-state index is 0.240. The summed E-state index contributed by atoms with van der Waals surface area (Å²) in [6.07, 6.45) is 4.45. The molecule has 0 aliphatic carbocycles. The molecule has 0 fully saturated rings. The molecule has 0 aliphatic heterocycles. The molecule has 0 aliphatic rings. The molecule has 0 unspecified atom stereocenters. The minimum Gasteiger partial charge on any atom is -0.466 e. The molecule has 0 spiro atoms. The molecule has 0 aromatic heterocycles. The van der Waals surface area contributed by atoms with Crippen molar-refractivity contribution in [3.63, 3.8) is 0 Å². The van der Waals surface area contributed by atoms with E-state index in [2.05, 4.69) is 5.73 Å². The first-order valence-electron chi connectivity index (χ1n) is 4.88. The SMILES string of the molecule is CC(=O)OCCC=C=Cc1ccccc1. The van der Waals surface area contributed by atoms with Crippen molar-refractivity contribution in [2.24, 2.45) is 0 Å². The number of ether oxygens (including phenoxy) is 1. The van der Waals surface area contributed by atoms with Crippen LogP contribution in [0.1, 0.15) is 18.9 Å². The zero-order valence-corrected chi connectivity index (χ0v) is 8.77. The monoisotopic (exact) mass is 202 g/mol. The highest BCUT2D eigenvalue weighted by Crippen LogP contribution is 1.99. The van der Waals surface area contributed by atoms with E-state index >= 15 is 0 Å². The average molecular weight is 202 g/mol. The highest BCUT2D eigenvalue weighted by molar-refractivity contribution is 5.65. The third-order valence-corrected chi connectivity index (χ3v) is 1.73. The van der Waals surface area contributed by atoms with Crippen molar-refractivity contribution in [3.8, 4) is 0 Å². The fraction of sp³-hybridized carbons (Fsp3) is 0.231. The van der Waals surface area contributed by atoms with Crippen LogP contribution in [-0.2, 0) is 9.53 Å². The van der Waals surface area contributed by atoms with Gasteiger partial charge in [-0.05, 0) is 17.7 Å². The van der Waals surface area contributed by atoms with Crippen LogP contribution in [0.5, 0.6) is 0 Å². The summed E-state index contributed by atoms with van der Waals surface area (Å²) in [5.74, 6) is -0.240. The van der Waals surface area contributed by atoms with Gasteiger partial charge in [0, 0.05) is 13.3 Å². The van der Waals surface area contributed by atoms with Gasteiger partial charge < -0.3 is 4.74 Å². The molecule has 15 heavy (non-hydrogen) atoms. The molecule has 2 nitrogen and oxygen atoms in total. The number of carbonyl (C=O) groups is 1. The van der Waals surface area contributed by atoms with Crippen LogP contribution in [0.2, 0.25) is 0 Å². The molecule has 0 radical (unpaired) electrons. The van der Waals surface area contributed by atoms with Crippen molar-refractivity contribution in [2.75, 3.05) is 6.61 Å². The van der Waals surface area contributed by atoms with Gasteiger partial charge in [-0.2, -0.15) is 0 Å². The molecule has 0 atom stereocenters. The number of esters is 1. The summed E-state index contributed by atoms with van der Waals surface area (Å²) >= 11 is 0. The van der Waals surface area contributed by atoms with E-state index in [1.54, 1.807) is 0 Å². The Balaban J connectivity index is 2.32. The van der Waals surface area contributed by atoms with E-state index in [-0.39, 0.29) is 5.97 Å². The average Bonchev–Trinajstić information content (AvgIpc) is 2.24. The normalized spacial score (nSPS) is 8.87. The predicted octanol–water partition coefficient (Wildman–Crippen LogP) is 2.81. The number of rotatable bonds is 4. The van der Waals surface area contributed by atoms with E-state index in [9.17, 15) is 4.79 Å². The number of hydrogen-bond acceptors (Lipinski definition) is 2. The Bertz CT molecular complexity index is 359. The molecule has 0 saturated heterocycles. The smallest absolute Gasteiger partial charge is 0.302 e. The third kappa shape index (κ3) is 5.50. The first kappa shape index (κ1) is 11.3.